The van der Waals surface area contributed by atoms with Crippen molar-refractivity contribution in [2.75, 3.05) is 40.4 Å². The third kappa shape index (κ3) is 6.03. The minimum Gasteiger partial charge on any atom is -0.385 e. The fraction of sp³-hybridized carbons (Fsp3) is 0.923. The molecule has 0 aromatic rings. The van der Waals surface area contributed by atoms with Gasteiger partial charge in [0, 0.05) is 33.7 Å². The summed E-state index contributed by atoms with van der Waals surface area (Å²) in [5.41, 5.74) is 0. The third-order valence-electron chi connectivity index (χ3n) is 3.43. The highest BCUT2D eigenvalue weighted by Gasteiger charge is 2.15. The van der Waals surface area contributed by atoms with Crippen molar-refractivity contribution < 1.29 is 9.53 Å². The van der Waals surface area contributed by atoms with Crippen molar-refractivity contribution in [3.05, 3.63) is 0 Å². The number of hydrogen-bond acceptors (Lipinski definition) is 3. The van der Waals surface area contributed by atoms with Crippen LogP contribution in [0.2, 0.25) is 0 Å². The first-order chi connectivity index (χ1) is 8.24. The molecule has 0 aromatic heterocycles. The molecular weight excluding hydrogens is 216 g/mol. The summed E-state index contributed by atoms with van der Waals surface area (Å²) in [4.78, 5) is 13.7. The van der Waals surface area contributed by atoms with Crippen LogP contribution in [0.5, 0.6) is 0 Å². The fourth-order valence-electron chi connectivity index (χ4n) is 2.26. The standard InChI is InChI=1S/C13H26N2O2/c1-15(9-4-10-17-2)13(16)7-6-12-5-3-8-14-11-12/h12,14H,3-11H2,1-2H3. The lowest BCUT2D eigenvalue weighted by Gasteiger charge is -2.23. The lowest BCUT2D eigenvalue weighted by Crippen LogP contribution is -2.32. The Kier molecular flexibility index (Phi) is 7.21. The van der Waals surface area contributed by atoms with Crippen LogP contribution in [0.4, 0.5) is 0 Å². The lowest BCUT2D eigenvalue weighted by atomic mass is 9.94. The first-order valence-corrected chi connectivity index (χ1v) is 6.67. The fourth-order valence-corrected chi connectivity index (χ4v) is 2.26. The molecule has 1 aliphatic heterocycles. The van der Waals surface area contributed by atoms with Gasteiger partial charge >= 0.3 is 0 Å². The van der Waals surface area contributed by atoms with E-state index < -0.39 is 0 Å². The van der Waals surface area contributed by atoms with Crippen LogP contribution >= 0.6 is 0 Å². The van der Waals surface area contributed by atoms with Gasteiger partial charge in [-0.3, -0.25) is 4.79 Å². The molecule has 4 heteroatoms. The van der Waals surface area contributed by atoms with Gasteiger partial charge in [0.25, 0.3) is 0 Å². The number of rotatable bonds is 7. The molecule has 4 nitrogen and oxygen atoms in total. The summed E-state index contributed by atoms with van der Waals surface area (Å²) in [6, 6.07) is 0. The molecule has 1 fully saturated rings. The summed E-state index contributed by atoms with van der Waals surface area (Å²) < 4.78 is 4.98. The van der Waals surface area contributed by atoms with Crippen molar-refractivity contribution in [3.8, 4) is 0 Å². The van der Waals surface area contributed by atoms with Gasteiger partial charge in [-0.15, -0.1) is 0 Å². The average Bonchev–Trinajstić information content (AvgIpc) is 2.37. The molecule has 1 amide bonds. The molecule has 17 heavy (non-hydrogen) atoms. The summed E-state index contributed by atoms with van der Waals surface area (Å²) >= 11 is 0. The highest BCUT2D eigenvalue weighted by atomic mass is 16.5. The number of carbonyl (C=O) groups excluding carboxylic acids is 1. The minimum absolute atomic E-state index is 0.270. The largest absolute Gasteiger partial charge is 0.385 e. The van der Waals surface area contributed by atoms with Crippen molar-refractivity contribution >= 4 is 5.91 Å². The Labute approximate surface area is 105 Å². The van der Waals surface area contributed by atoms with E-state index in [1.807, 2.05) is 11.9 Å². The van der Waals surface area contributed by atoms with Crippen LogP contribution in [0.15, 0.2) is 0 Å². The molecule has 0 radical (unpaired) electrons. The molecular formula is C13H26N2O2. The van der Waals surface area contributed by atoms with Crippen LogP contribution in [-0.4, -0.2) is 51.2 Å². The lowest BCUT2D eigenvalue weighted by molar-refractivity contribution is -0.130. The van der Waals surface area contributed by atoms with E-state index in [-0.39, 0.29) is 5.91 Å². The van der Waals surface area contributed by atoms with Gasteiger partial charge < -0.3 is 15.0 Å². The molecule has 1 N–H and O–H groups in total. The molecule has 1 rings (SSSR count). The number of piperidine rings is 1. The Morgan fingerprint density at radius 2 is 2.35 bits per heavy atom. The van der Waals surface area contributed by atoms with Gasteiger partial charge in [-0.2, -0.15) is 0 Å². The van der Waals surface area contributed by atoms with Crippen LogP contribution in [0.3, 0.4) is 0 Å². The van der Waals surface area contributed by atoms with Crippen LogP contribution in [0.25, 0.3) is 0 Å². The summed E-state index contributed by atoms with van der Waals surface area (Å²) in [6.45, 7) is 3.75. The van der Waals surface area contributed by atoms with Crippen LogP contribution in [0.1, 0.15) is 32.1 Å². The van der Waals surface area contributed by atoms with Gasteiger partial charge in [0.2, 0.25) is 5.91 Å². The van der Waals surface area contributed by atoms with Crippen molar-refractivity contribution in [2.45, 2.75) is 32.1 Å². The number of hydrogen-bond donors (Lipinski definition) is 1. The molecule has 1 atom stereocenters. The minimum atomic E-state index is 0.270. The van der Waals surface area contributed by atoms with Gasteiger partial charge in [0.1, 0.15) is 0 Å². The van der Waals surface area contributed by atoms with Crippen LogP contribution in [-0.2, 0) is 9.53 Å². The van der Waals surface area contributed by atoms with E-state index in [1.165, 1.54) is 12.8 Å². The Balaban J connectivity index is 2.10. The molecule has 1 unspecified atom stereocenters. The second-order valence-corrected chi connectivity index (χ2v) is 4.91. The maximum absolute atomic E-state index is 11.8. The monoisotopic (exact) mass is 242 g/mol. The summed E-state index contributed by atoms with van der Waals surface area (Å²) in [7, 11) is 3.58. The zero-order chi connectivity index (χ0) is 12.5. The second-order valence-electron chi connectivity index (χ2n) is 4.91. The Bertz CT molecular complexity index is 215. The summed E-state index contributed by atoms with van der Waals surface area (Å²) in [5.74, 6) is 0.965. The third-order valence-corrected chi connectivity index (χ3v) is 3.43. The molecule has 1 heterocycles. The molecule has 0 aromatic carbocycles. The van der Waals surface area contributed by atoms with Crippen molar-refractivity contribution in [1.82, 2.24) is 10.2 Å². The van der Waals surface area contributed by atoms with Crippen molar-refractivity contribution in [2.24, 2.45) is 5.92 Å². The first-order valence-electron chi connectivity index (χ1n) is 6.67. The molecule has 1 saturated heterocycles. The molecule has 100 valence electrons. The predicted molar refractivity (Wildman–Crippen MR) is 69.0 cm³/mol. The number of amides is 1. The van der Waals surface area contributed by atoms with Gasteiger partial charge in [0.15, 0.2) is 0 Å². The first kappa shape index (κ1) is 14.5. The topological polar surface area (TPSA) is 41.6 Å². The zero-order valence-corrected chi connectivity index (χ0v) is 11.2. The molecule has 0 bridgehead atoms. The van der Waals surface area contributed by atoms with Gasteiger partial charge in [0.05, 0.1) is 0 Å². The van der Waals surface area contributed by atoms with Crippen LogP contribution < -0.4 is 5.32 Å². The van der Waals surface area contributed by atoms with E-state index in [2.05, 4.69) is 5.32 Å². The normalized spacial score (nSPS) is 20.2. The molecule has 0 aliphatic carbocycles. The number of methoxy groups -OCH3 is 1. The van der Waals surface area contributed by atoms with E-state index in [4.69, 9.17) is 4.74 Å². The molecule has 0 saturated carbocycles. The van der Waals surface area contributed by atoms with E-state index in [1.54, 1.807) is 7.11 Å². The van der Waals surface area contributed by atoms with Gasteiger partial charge in [-0.05, 0) is 44.7 Å². The summed E-state index contributed by atoms with van der Waals surface area (Å²) in [6.07, 6.45) is 5.16. The highest BCUT2D eigenvalue weighted by molar-refractivity contribution is 5.75. The smallest absolute Gasteiger partial charge is 0.222 e. The zero-order valence-electron chi connectivity index (χ0n) is 11.2. The summed E-state index contributed by atoms with van der Waals surface area (Å²) in [5, 5.41) is 3.39. The van der Waals surface area contributed by atoms with E-state index in [0.29, 0.717) is 12.3 Å². The maximum Gasteiger partial charge on any atom is 0.222 e. The van der Waals surface area contributed by atoms with E-state index in [9.17, 15) is 4.79 Å². The van der Waals surface area contributed by atoms with Crippen LogP contribution in [0, 0.1) is 5.92 Å². The Hall–Kier alpha value is -0.610. The predicted octanol–water partition coefficient (Wildman–Crippen LogP) is 1.26. The Morgan fingerprint density at radius 3 is 3.00 bits per heavy atom. The van der Waals surface area contributed by atoms with E-state index >= 15 is 0 Å². The average molecular weight is 242 g/mol. The number of nitrogens with one attached hydrogen (secondary N) is 1. The molecule has 1 aliphatic rings. The van der Waals surface area contributed by atoms with Crippen molar-refractivity contribution in [3.63, 3.8) is 0 Å². The highest BCUT2D eigenvalue weighted by Crippen LogP contribution is 2.16. The molecule has 0 spiro atoms. The van der Waals surface area contributed by atoms with Crippen molar-refractivity contribution in [1.29, 1.82) is 0 Å². The maximum atomic E-state index is 11.8. The van der Waals surface area contributed by atoms with Gasteiger partial charge in [-0.1, -0.05) is 0 Å². The SMILES string of the molecule is COCCCN(C)C(=O)CCC1CCCNC1. The Morgan fingerprint density at radius 1 is 1.53 bits per heavy atom. The van der Waals surface area contributed by atoms with Gasteiger partial charge in [-0.25, -0.2) is 0 Å². The number of ether oxygens (including phenoxy) is 1. The number of carbonyl (C=O) groups is 1. The second kappa shape index (κ2) is 8.48. The van der Waals surface area contributed by atoms with E-state index in [0.717, 1.165) is 39.1 Å². The quantitative estimate of drug-likeness (QED) is 0.683. The number of nitrogens with zero attached hydrogens (tertiary/aromatic N) is 1.